The highest BCUT2D eigenvalue weighted by Gasteiger charge is 2.16. The highest BCUT2D eigenvalue weighted by atomic mass is 32.2. The molecule has 0 saturated heterocycles. The number of hydrogen-bond donors (Lipinski definition) is 2. The second-order valence-corrected chi connectivity index (χ2v) is 4.91. The summed E-state index contributed by atoms with van der Waals surface area (Å²) in [6.07, 6.45) is 0. The Morgan fingerprint density at radius 2 is 1.88 bits per heavy atom. The molecule has 0 aromatic heterocycles. The molecule has 0 spiro atoms. The molecule has 96 valence electrons. The van der Waals surface area contributed by atoms with Gasteiger partial charge in [0.2, 0.25) is 10.0 Å². The Hall–Kier alpha value is -1.31. The van der Waals surface area contributed by atoms with Gasteiger partial charge in [0.15, 0.2) is 11.5 Å². The summed E-state index contributed by atoms with van der Waals surface area (Å²) in [5.41, 5.74) is 0. The van der Waals surface area contributed by atoms with E-state index in [0.29, 0.717) is 11.5 Å². The molecule has 6 nitrogen and oxygen atoms in total. The molecule has 0 fully saturated rings. The van der Waals surface area contributed by atoms with E-state index in [-0.39, 0.29) is 18.0 Å². The minimum Gasteiger partial charge on any atom is -0.493 e. The van der Waals surface area contributed by atoms with Crippen LogP contribution in [0.5, 0.6) is 11.5 Å². The van der Waals surface area contributed by atoms with Gasteiger partial charge in [0.25, 0.3) is 0 Å². The molecule has 0 aliphatic heterocycles. The van der Waals surface area contributed by atoms with Gasteiger partial charge in [0.05, 0.1) is 25.7 Å². The van der Waals surface area contributed by atoms with Gasteiger partial charge in [-0.15, -0.1) is 0 Å². The Bertz CT molecular complexity index is 472. The number of methoxy groups -OCH3 is 2. The van der Waals surface area contributed by atoms with Gasteiger partial charge in [-0.2, -0.15) is 0 Å². The fraction of sp³-hybridized carbons (Fsp3) is 0.400. The van der Waals surface area contributed by atoms with E-state index in [2.05, 4.69) is 4.72 Å². The summed E-state index contributed by atoms with van der Waals surface area (Å²) < 4.78 is 35.7. The molecule has 0 unspecified atom stereocenters. The minimum absolute atomic E-state index is 0.0311. The van der Waals surface area contributed by atoms with Crippen LogP contribution in [0.4, 0.5) is 0 Å². The van der Waals surface area contributed by atoms with Crippen molar-refractivity contribution < 1.29 is 23.0 Å². The molecule has 17 heavy (non-hydrogen) atoms. The third-order valence-corrected chi connectivity index (χ3v) is 3.53. The topological polar surface area (TPSA) is 84.9 Å². The normalized spacial score (nSPS) is 11.2. The van der Waals surface area contributed by atoms with Crippen molar-refractivity contribution >= 4 is 10.0 Å². The Balaban J connectivity index is 3.07. The van der Waals surface area contributed by atoms with Gasteiger partial charge in [-0.05, 0) is 12.1 Å². The summed E-state index contributed by atoms with van der Waals surface area (Å²) in [5, 5.41) is 8.59. The van der Waals surface area contributed by atoms with Gasteiger partial charge in [-0.3, -0.25) is 0 Å². The zero-order chi connectivity index (χ0) is 12.9. The van der Waals surface area contributed by atoms with E-state index in [0.717, 1.165) is 0 Å². The van der Waals surface area contributed by atoms with E-state index in [1.165, 1.54) is 32.4 Å². The number of rotatable bonds is 6. The van der Waals surface area contributed by atoms with E-state index >= 15 is 0 Å². The molecule has 7 heteroatoms. The molecule has 0 saturated carbocycles. The number of ether oxygens (including phenoxy) is 2. The molecule has 1 aromatic rings. The monoisotopic (exact) mass is 261 g/mol. The Morgan fingerprint density at radius 1 is 1.24 bits per heavy atom. The molecule has 2 N–H and O–H groups in total. The van der Waals surface area contributed by atoms with Crippen LogP contribution in [0.1, 0.15) is 0 Å². The molecule has 0 atom stereocenters. The lowest BCUT2D eigenvalue weighted by molar-refractivity contribution is 0.301. The number of hydrogen-bond acceptors (Lipinski definition) is 5. The lowest BCUT2D eigenvalue weighted by Crippen LogP contribution is -2.26. The average molecular weight is 261 g/mol. The first kappa shape index (κ1) is 13.8. The van der Waals surface area contributed by atoms with E-state index in [4.69, 9.17) is 14.6 Å². The summed E-state index contributed by atoms with van der Waals surface area (Å²) in [6.45, 7) is -0.288. The fourth-order valence-electron chi connectivity index (χ4n) is 1.25. The van der Waals surface area contributed by atoms with Crippen LogP contribution in [-0.2, 0) is 10.0 Å². The van der Waals surface area contributed by atoms with Crippen LogP contribution in [0, 0.1) is 0 Å². The zero-order valence-electron chi connectivity index (χ0n) is 9.63. The first-order chi connectivity index (χ1) is 8.05. The third-order valence-electron chi connectivity index (χ3n) is 2.07. The molecule has 0 amide bonds. The smallest absolute Gasteiger partial charge is 0.240 e. The highest BCUT2D eigenvalue weighted by molar-refractivity contribution is 7.89. The quantitative estimate of drug-likeness (QED) is 0.751. The first-order valence-electron chi connectivity index (χ1n) is 4.87. The number of sulfonamides is 1. The molecule has 1 aromatic carbocycles. The standard InChI is InChI=1S/C10H15NO5S/c1-15-9-4-3-8(7-10(9)16-2)17(13,14)11-5-6-12/h3-4,7,11-12H,5-6H2,1-2H3. The van der Waals surface area contributed by atoms with Crippen molar-refractivity contribution in [3.63, 3.8) is 0 Å². The van der Waals surface area contributed by atoms with Crippen LogP contribution in [0.25, 0.3) is 0 Å². The first-order valence-corrected chi connectivity index (χ1v) is 6.36. The van der Waals surface area contributed by atoms with Crippen molar-refractivity contribution in [1.29, 1.82) is 0 Å². The van der Waals surface area contributed by atoms with E-state index in [1.807, 2.05) is 0 Å². The minimum atomic E-state index is -3.63. The molecular formula is C10H15NO5S. The summed E-state index contributed by atoms with van der Waals surface area (Å²) in [7, 11) is -0.731. The van der Waals surface area contributed by atoms with Crippen LogP contribution in [0.15, 0.2) is 23.1 Å². The fourth-order valence-corrected chi connectivity index (χ4v) is 2.28. The molecule has 0 bridgehead atoms. The number of nitrogens with one attached hydrogen (secondary N) is 1. The Kier molecular flexibility index (Phi) is 4.73. The van der Waals surface area contributed by atoms with Crippen LogP contribution in [0.2, 0.25) is 0 Å². The predicted molar refractivity (Wildman–Crippen MR) is 61.8 cm³/mol. The maximum absolute atomic E-state index is 11.7. The summed E-state index contributed by atoms with van der Waals surface area (Å²) >= 11 is 0. The summed E-state index contributed by atoms with van der Waals surface area (Å²) in [5.74, 6) is 0.785. The van der Waals surface area contributed by atoms with Crippen LogP contribution >= 0.6 is 0 Å². The maximum atomic E-state index is 11.7. The molecule has 0 heterocycles. The van der Waals surface area contributed by atoms with Crippen LogP contribution in [0.3, 0.4) is 0 Å². The van der Waals surface area contributed by atoms with Crippen LogP contribution in [-0.4, -0.2) is 40.9 Å². The third kappa shape index (κ3) is 3.32. The van der Waals surface area contributed by atoms with Gasteiger partial charge < -0.3 is 14.6 Å². The highest BCUT2D eigenvalue weighted by Crippen LogP contribution is 2.29. The molecule has 0 radical (unpaired) electrons. The molecule has 0 aliphatic carbocycles. The Morgan fingerprint density at radius 3 is 2.41 bits per heavy atom. The number of aliphatic hydroxyl groups excluding tert-OH is 1. The summed E-state index contributed by atoms with van der Waals surface area (Å²) in [4.78, 5) is 0.0589. The summed E-state index contributed by atoms with van der Waals surface area (Å²) in [6, 6.07) is 4.27. The van der Waals surface area contributed by atoms with E-state index < -0.39 is 10.0 Å². The van der Waals surface area contributed by atoms with Crippen molar-refractivity contribution in [3.05, 3.63) is 18.2 Å². The van der Waals surface area contributed by atoms with Crippen molar-refractivity contribution in [1.82, 2.24) is 4.72 Å². The van der Waals surface area contributed by atoms with Gasteiger partial charge in [-0.25, -0.2) is 13.1 Å². The number of benzene rings is 1. The van der Waals surface area contributed by atoms with Gasteiger partial charge >= 0.3 is 0 Å². The SMILES string of the molecule is COc1ccc(S(=O)(=O)NCCO)cc1OC. The molecule has 0 aliphatic rings. The van der Waals surface area contributed by atoms with Crippen molar-refractivity contribution in [2.75, 3.05) is 27.4 Å². The van der Waals surface area contributed by atoms with E-state index in [9.17, 15) is 8.42 Å². The second kappa shape index (κ2) is 5.85. The van der Waals surface area contributed by atoms with Gasteiger partial charge in [0.1, 0.15) is 0 Å². The lowest BCUT2D eigenvalue weighted by Gasteiger charge is -2.10. The van der Waals surface area contributed by atoms with Crippen molar-refractivity contribution in [2.24, 2.45) is 0 Å². The average Bonchev–Trinajstić information content (AvgIpc) is 2.35. The number of aliphatic hydroxyl groups is 1. The van der Waals surface area contributed by atoms with Gasteiger partial charge in [0, 0.05) is 12.6 Å². The Labute approximate surface area is 100 Å². The largest absolute Gasteiger partial charge is 0.493 e. The predicted octanol–water partition coefficient (Wildman–Crippen LogP) is -0.0256. The maximum Gasteiger partial charge on any atom is 0.240 e. The van der Waals surface area contributed by atoms with Crippen molar-refractivity contribution in [2.45, 2.75) is 4.90 Å². The zero-order valence-corrected chi connectivity index (χ0v) is 10.5. The lowest BCUT2D eigenvalue weighted by atomic mass is 10.3. The second-order valence-electron chi connectivity index (χ2n) is 3.14. The molecule has 1 rings (SSSR count). The van der Waals surface area contributed by atoms with Crippen LogP contribution < -0.4 is 14.2 Å². The molecular weight excluding hydrogens is 246 g/mol. The van der Waals surface area contributed by atoms with Crippen molar-refractivity contribution in [3.8, 4) is 11.5 Å². The van der Waals surface area contributed by atoms with E-state index in [1.54, 1.807) is 0 Å². The van der Waals surface area contributed by atoms with Gasteiger partial charge in [-0.1, -0.05) is 0 Å².